The van der Waals surface area contributed by atoms with Crippen LogP contribution in [0.1, 0.15) is 23.2 Å². The molecule has 0 radical (unpaired) electrons. The number of esters is 1. The van der Waals surface area contributed by atoms with Gasteiger partial charge in [0.15, 0.2) is 6.61 Å². The number of nitrogens with zero attached hydrogens (tertiary/aromatic N) is 2. The van der Waals surface area contributed by atoms with Crippen molar-refractivity contribution in [3.63, 3.8) is 0 Å². The number of ether oxygens (including phenoxy) is 1. The van der Waals surface area contributed by atoms with Crippen LogP contribution in [0, 0.1) is 0 Å². The van der Waals surface area contributed by atoms with Gasteiger partial charge in [0.25, 0.3) is 5.91 Å². The van der Waals surface area contributed by atoms with Gasteiger partial charge in [-0.15, -0.1) is 0 Å². The maximum absolute atomic E-state index is 12.8. The standard InChI is InChI=1S/C20H21ClN2O5S/c1-22(16-7-3-2-4-8-16)19(24)14-28-20(25)15-9-10-17(21)18(13-15)29(26,27)23-11-5-6-12-23/h2-4,7-10,13H,5-6,11-12,14H2,1H3. The molecule has 1 amide bonds. The lowest BCUT2D eigenvalue weighted by molar-refractivity contribution is -0.121. The molecule has 7 nitrogen and oxygen atoms in total. The number of carbonyl (C=O) groups excluding carboxylic acids is 2. The summed E-state index contributed by atoms with van der Waals surface area (Å²) in [4.78, 5) is 25.9. The van der Waals surface area contributed by atoms with E-state index in [4.69, 9.17) is 16.3 Å². The zero-order valence-electron chi connectivity index (χ0n) is 15.9. The highest BCUT2D eigenvalue weighted by atomic mass is 35.5. The van der Waals surface area contributed by atoms with Crippen LogP contribution in [0.25, 0.3) is 0 Å². The fourth-order valence-electron chi connectivity index (χ4n) is 3.00. The Morgan fingerprint density at radius 2 is 1.76 bits per heavy atom. The van der Waals surface area contributed by atoms with E-state index in [1.807, 2.05) is 6.07 Å². The lowest BCUT2D eigenvalue weighted by Crippen LogP contribution is -2.31. The van der Waals surface area contributed by atoms with Gasteiger partial charge in [-0.1, -0.05) is 29.8 Å². The number of benzene rings is 2. The zero-order valence-corrected chi connectivity index (χ0v) is 17.4. The van der Waals surface area contributed by atoms with Crippen LogP contribution in [-0.2, 0) is 19.6 Å². The van der Waals surface area contributed by atoms with Crippen LogP contribution in [-0.4, -0.2) is 51.3 Å². The second-order valence-electron chi connectivity index (χ2n) is 6.62. The Morgan fingerprint density at radius 3 is 2.41 bits per heavy atom. The van der Waals surface area contributed by atoms with Crippen molar-refractivity contribution in [3.05, 3.63) is 59.1 Å². The summed E-state index contributed by atoms with van der Waals surface area (Å²) < 4.78 is 32.0. The molecule has 0 saturated carbocycles. The molecule has 0 aromatic heterocycles. The third-order valence-corrected chi connectivity index (χ3v) is 7.07. The minimum absolute atomic E-state index is 0.0161. The molecule has 0 unspecified atom stereocenters. The smallest absolute Gasteiger partial charge is 0.338 e. The molecule has 2 aromatic carbocycles. The van der Waals surface area contributed by atoms with E-state index in [1.165, 1.54) is 27.4 Å². The van der Waals surface area contributed by atoms with Crippen molar-refractivity contribution in [2.45, 2.75) is 17.7 Å². The average molecular weight is 437 g/mol. The van der Waals surface area contributed by atoms with Crippen molar-refractivity contribution >= 4 is 39.2 Å². The molecular formula is C20H21ClN2O5S. The van der Waals surface area contributed by atoms with Gasteiger partial charge in [0.05, 0.1) is 10.6 Å². The lowest BCUT2D eigenvalue weighted by Gasteiger charge is -2.18. The van der Waals surface area contributed by atoms with Crippen LogP contribution >= 0.6 is 11.6 Å². The number of amides is 1. The van der Waals surface area contributed by atoms with E-state index in [1.54, 1.807) is 31.3 Å². The van der Waals surface area contributed by atoms with E-state index in [9.17, 15) is 18.0 Å². The molecule has 0 bridgehead atoms. The Labute approximate surface area is 174 Å². The normalized spacial score (nSPS) is 14.6. The third kappa shape index (κ3) is 4.77. The molecule has 1 heterocycles. The number of hydrogen-bond acceptors (Lipinski definition) is 5. The molecule has 1 fully saturated rings. The van der Waals surface area contributed by atoms with E-state index in [2.05, 4.69) is 0 Å². The van der Waals surface area contributed by atoms with E-state index >= 15 is 0 Å². The van der Waals surface area contributed by atoms with Gasteiger partial charge in [-0.25, -0.2) is 13.2 Å². The molecule has 154 valence electrons. The number of anilines is 1. The van der Waals surface area contributed by atoms with Crippen molar-refractivity contribution in [2.75, 3.05) is 31.6 Å². The molecule has 0 aliphatic carbocycles. The molecule has 9 heteroatoms. The van der Waals surface area contributed by atoms with Gasteiger partial charge >= 0.3 is 5.97 Å². The maximum Gasteiger partial charge on any atom is 0.338 e. The van der Waals surface area contributed by atoms with E-state index in [-0.39, 0.29) is 15.5 Å². The van der Waals surface area contributed by atoms with Crippen molar-refractivity contribution < 1.29 is 22.7 Å². The van der Waals surface area contributed by atoms with Crippen LogP contribution in [0.4, 0.5) is 5.69 Å². The Kier molecular flexibility index (Phi) is 6.56. The van der Waals surface area contributed by atoms with Crippen molar-refractivity contribution in [1.82, 2.24) is 4.31 Å². The second kappa shape index (κ2) is 8.94. The summed E-state index contributed by atoms with van der Waals surface area (Å²) in [5.74, 6) is -1.21. The van der Waals surface area contributed by atoms with Gasteiger partial charge in [0.1, 0.15) is 4.90 Å². The molecular weight excluding hydrogens is 416 g/mol. The van der Waals surface area contributed by atoms with Gasteiger partial charge in [-0.05, 0) is 43.2 Å². The number of sulfonamides is 1. The first-order chi connectivity index (χ1) is 13.8. The van der Waals surface area contributed by atoms with E-state index in [0.29, 0.717) is 18.8 Å². The number of hydrogen-bond donors (Lipinski definition) is 0. The van der Waals surface area contributed by atoms with Crippen LogP contribution in [0.3, 0.4) is 0 Å². The number of para-hydroxylation sites is 1. The Balaban J connectivity index is 1.71. The first-order valence-corrected chi connectivity index (χ1v) is 10.9. The number of rotatable bonds is 6. The van der Waals surface area contributed by atoms with Crippen molar-refractivity contribution in [3.8, 4) is 0 Å². The van der Waals surface area contributed by atoms with Crippen LogP contribution in [0.15, 0.2) is 53.4 Å². The molecule has 1 saturated heterocycles. The van der Waals surface area contributed by atoms with Crippen LogP contribution in [0.2, 0.25) is 5.02 Å². The van der Waals surface area contributed by atoms with Crippen LogP contribution in [0.5, 0.6) is 0 Å². The van der Waals surface area contributed by atoms with Crippen molar-refractivity contribution in [2.24, 2.45) is 0 Å². The summed E-state index contributed by atoms with van der Waals surface area (Å²) in [7, 11) is -2.21. The molecule has 0 spiro atoms. The molecule has 0 atom stereocenters. The minimum atomic E-state index is -3.79. The monoisotopic (exact) mass is 436 g/mol. The van der Waals surface area contributed by atoms with Gasteiger partial charge in [-0.3, -0.25) is 4.79 Å². The predicted octanol–water partition coefficient (Wildman–Crippen LogP) is 2.94. The Bertz CT molecular complexity index is 1000. The highest BCUT2D eigenvalue weighted by molar-refractivity contribution is 7.89. The van der Waals surface area contributed by atoms with Crippen LogP contribution < -0.4 is 4.90 Å². The summed E-state index contributed by atoms with van der Waals surface area (Å²) in [6.45, 7) is 0.377. The van der Waals surface area contributed by atoms with Gasteiger partial charge in [0, 0.05) is 25.8 Å². The predicted molar refractivity (Wildman–Crippen MR) is 110 cm³/mol. The minimum Gasteiger partial charge on any atom is -0.452 e. The Hall–Kier alpha value is -2.42. The largest absolute Gasteiger partial charge is 0.452 e. The summed E-state index contributed by atoms with van der Waals surface area (Å²) in [6.07, 6.45) is 1.57. The van der Waals surface area contributed by atoms with E-state index in [0.717, 1.165) is 12.8 Å². The number of carbonyl (C=O) groups is 2. The molecule has 2 aromatic rings. The molecule has 0 N–H and O–H groups in total. The Morgan fingerprint density at radius 1 is 1.10 bits per heavy atom. The first kappa shape index (κ1) is 21.3. The molecule has 3 rings (SSSR count). The van der Waals surface area contributed by atoms with Crippen molar-refractivity contribution in [1.29, 1.82) is 0 Å². The first-order valence-electron chi connectivity index (χ1n) is 9.09. The highest BCUT2D eigenvalue weighted by Gasteiger charge is 2.30. The summed E-state index contributed by atoms with van der Waals surface area (Å²) in [5, 5.41) is 0.0355. The number of halogens is 1. The van der Waals surface area contributed by atoms with Gasteiger partial charge < -0.3 is 9.64 Å². The highest BCUT2D eigenvalue weighted by Crippen LogP contribution is 2.28. The SMILES string of the molecule is CN(C(=O)COC(=O)c1ccc(Cl)c(S(=O)(=O)N2CCCC2)c1)c1ccccc1. The molecule has 29 heavy (non-hydrogen) atoms. The van der Waals surface area contributed by atoms with Gasteiger partial charge in [0.2, 0.25) is 10.0 Å². The third-order valence-electron chi connectivity index (χ3n) is 4.69. The maximum atomic E-state index is 12.8. The summed E-state index contributed by atoms with van der Waals surface area (Å²) >= 11 is 6.08. The topological polar surface area (TPSA) is 84.0 Å². The summed E-state index contributed by atoms with van der Waals surface area (Å²) in [6, 6.07) is 12.9. The zero-order chi connectivity index (χ0) is 21.0. The quantitative estimate of drug-likeness (QED) is 0.650. The lowest BCUT2D eigenvalue weighted by atomic mass is 10.2. The number of likely N-dealkylation sites (N-methyl/N-ethyl adjacent to an activating group) is 1. The van der Waals surface area contributed by atoms with E-state index < -0.39 is 28.5 Å². The average Bonchev–Trinajstić information content (AvgIpc) is 3.28. The molecule has 1 aliphatic heterocycles. The molecule has 1 aliphatic rings. The van der Waals surface area contributed by atoms with Gasteiger partial charge in [-0.2, -0.15) is 4.31 Å². The second-order valence-corrected chi connectivity index (χ2v) is 8.93. The fourth-order valence-corrected chi connectivity index (χ4v) is 5.02. The fraction of sp³-hybridized carbons (Fsp3) is 0.300. The summed E-state index contributed by atoms with van der Waals surface area (Å²) in [5.41, 5.74) is 0.682.